The summed E-state index contributed by atoms with van der Waals surface area (Å²) in [5.74, 6) is 0.0516. The lowest BCUT2D eigenvalue weighted by Crippen LogP contribution is -2.18. The number of aromatic nitrogens is 3. The van der Waals surface area contributed by atoms with E-state index < -0.39 is 17.8 Å². The Hall–Kier alpha value is -3.10. The molecular formula is C23H25F3N4O2. The summed E-state index contributed by atoms with van der Waals surface area (Å²) in [5, 5.41) is 2.65. The van der Waals surface area contributed by atoms with E-state index in [9.17, 15) is 18.0 Å². The van der Waals surface area contributed by atoms with Crippen molar-refractivity contribution in [2.24, 2.45) is 0 Å². The molecule has 0 spiro atoms. The first-order valence-electron chi connectivity index (χ1n) is 10.8. The molecular weight excluding hydrogens is 421 g/mol. The molecule has 0 radical (unpaired) electrons. The van der Waals surface area contributed by atoms with Crippen molar-refractivity contribution in [3.05, 3.63) is 53.7 Å². The van der Waals surface area contributed by atoms with Gasteiger partial charge in [0.25, 0.3) is 5.91 Å². The Bertz CT molecular complexity index is 1120. The Morgan fingerprint density at radius 2 is 1.91 bits per heavy atom. The fourth-order valence-electron chi connectivity index (χ4n) is 3.98. The number of hydrogen-bond donors (Lipinski definition) is 1. The number of halogens is 3. The Balaban J connectivity index is 1.66. The molecule has 170 valence electrons. The number of fused-ring (bicyclic) bond motifs is 1. The lowest BCUT2D eigenvalue weighted by Gasteiger charge is -2.19. The Kier molecular flexibility index (Phi) is 6.08. The molecule has 1 N–H and O–H groups in total. The number of nitrogens with one attached hydrogen (secondary N) is 1. The maximum absolute atomic E-state index is 13.0. The molecule has 1 aliphatic carbocycles. The SMILES string of the molecule is CC(C)Oc1cc2nc(C3CCCCC3)cn2cc1NC(=O)c1cccc(C(F)(F)F)n1. The summed E-state index contributed by atoms with van der Waals surface area (Å²) in [6.07, 6.45) is 4.64. The van der Waals surface area contributed by atoms with Crippen LogP contribution in [0.5, 0.6) is 5.75 Å². The zero-order valence-electron chi connectivity index (χ0n) is 17.9. The average molecular weight is 446 g/mol. The van der Waals surface area contributed by atoms with Crippen molar-refractivity contribution >= 4 is 17.2 Å². The third-order valence-electron chi connectivity index (χ3n) is 5.48. The number of imidazole rings is 1. The molecule has 1 fully saturated rings. The van der Waals surface area contributed by atoms with Gasteiger partial charge >= 0.3 is 6.18 Å². The summed E-state index contributed by atoms with van der Waals surface area (Å²) >= 11 is 0. The van der Waals surface area contributed by atoms with E-state index in [-0.39, 0.29) is 11.8 Å². The van der Waals surface area contributed by atoms with Crippen molar-refractivity contribution < 1.29 is 22.7 Å². The second-order valence-electron chi connectivity index (χ2n) is 8.34. The van der Waals surface area contributed by atoms with E-state index in [1.54, 1.807) is 12.3 Å². The standard InChI is InChI=1S/C23H25F3N4O2/c1-14(2)32-19-11-21-28-17(15-7-4-3-5-8-15)12-30(21)13-18(19)29-22(31)16-9-6-10-20(27-16)23(24,25)26/h6,9-15H,3-5,7-8H2,1-2H3,(H,29,31). The van der Waals surface area contributed by atoms with Gasteiger partial charge in [-0.25, -0.2) is 9.97 Å². The number of rotatable bonds is 5. The Labute approximate surface area is 183 Å². The lowest BCUT2D eigenvalue weighted by molar-refractivity contribution is -0.141. The number of alkyl halides is 3. The van der Waals surface area contributed by atoms with Crippen molar-refractivity contribution in [3.63, 3.8) is 0 Å². The van der Waals surface area contributed by atoms with Crippen molar-refractivity contribution in [1.29, 1.82) is 0 Å². The van der Waals surface area contributed by atoms with E-state index in [2.05, 4.69) is 10.3 Å². The first-order valence-corrected chi connectivity index (χ1v) is 10.8. The van der Waals surface area contributed by atoms with Gasteiger partial charge in [0.05, 0.1) is 11.8 Å². The quantitative estimate of drug-likeness (QED) is 0.535. The smallest absolute Gasteiger partial charge is 0.433 e. The predicted molar refractivity (Wildman–Crippen MR) is 114 cm³/mol. The van der Waals surface area contributed by atoms with Crippen molar-refractivity contribution in [2.45, 2.75) is 64.1 Å². The van der Waals surface area contributed by atoms with Crippen LogP contribution < -0.4 is 10.1 Å². The van der Waals surface area contributed by atoms with Gasteiger partial charge in [0.1, 0.15) is 28.5 Å². The largest absolute Gasteiger partial charge is 0.489 e. The van der Waals surface area contributed by atoms with Crippen LogP contribution in [0, 0.1) is 0 Å². The highest BCUT2D eigenvalue weighted by Gasteiger charge is 2.33. The molecule has 1 saturated carbocycles. The minimum absolute atomic E-state index is 0.174. The highest BCUT2D eigenvalue weighted by molar-refractivity contribution is 6.03. The zero-order chi connectivity index (χ0) is 22.9. The number of ether oxygens (including phenoxy) is 1. The molecule has 1 aliphatic rings. The van der Waals surface area contributed by atoms with E-state index >= 15 is 0 Å². The van der Waals surface area contributed by atoms with Gasteiger partial charge in [-0.05, 0) is 38.8 Å². The molecule has 0 saturated heterocycles. The summed E-state index contributed by atoms with van der Waals surface area (Å²) in [6, 6.07) is 4.96. The van der Waals surface area contributed by atoms with Crippen LogP contribution in [0.3, 0.4) is 0 Å². The predicted octanol–water partition coefficient (Wildman–Crippen LogP) is 5.84. The average Bonchev–Trinajstić information content (AvgIpc) is 3.16. The van der Waals surface area contributed by atoms with E-state index in [0.29, 0.717) is 23.0 Å². The maximum atomic E-state index is 13.0. The van der Waals surface area contributed by atoms with Crippen LogP contribution in [0.2, 0.25) is 0 Å². The molecule has 3 aromatic rings. The molecule has 3 aromatic heterocycles. The minimum Gasteiger partial charge on any atom is -0.489 e. The second-order valence-corrected chi connectivity index (χ2v) is 8.34. The molecule has 0 atom stereocenters. The number of anilines is 1. The molecule has 6 nitrogen and oxygen atoms in total. The van der Waals surface area contributed by atoms with Gasteiger partial charge in [-0.1, -0.05) is 25.3 Å². The lowest BCUT2D eigenvalue weighted by atomic mass is 9.87. The summed E-state index contributed by atoms with van der Waals surface area (Å²) < 4.78 is 46.6. The Morgan fingerprint density at radius 3 is 2.59 bits per heavy atom. The molecule has 3 heterocycles. The summed E-state index contributed by atoms with van der Waals surface area (Å²) in [4.78, 5) is 20.9. The number of nitrogens with zero attached hydrogens (tertiary/aromatic N) is 3. The topological polar surface area (TPSA) is 68.5 Å². The molecule has 0 aromatic carbocycles. The fraction of sp³-hybridized carbons (Fsp3) is 0.435. The molecule has 0 unspecified atom stereocenters. The molecule has 9 heteroatoms. The number of carbonyl (C=O) groups excluding carboxylic acids is 1. The molecule has 4 rings (SSSR count). The summed E-state index contributed by atoms with van der Waals surface area (Å²) in [7, 11) is 0. The van der Waals surface area contributed by atoms with Crippen LogP contribution in [0.25, 0.3) is 5.65 Å². The number of hydrogen-bond acceptors (Lipinski definition) is 4. The zero-order valence-corrected chi connectivity index (χ0v) is 17.9. The highest BCUT2D eigenvalue weighted by atomic mass is 19.4. The van der Waals surface area contributed by atoms with Gasteiger partial charge < -0.3 is 14.5 Å². The van der Waals surface area contributed by atoms with Crippen LogP contribution in [-0.2, 0) is 6.18 Å². The first kappa shape index (κ1) is 22.1. The van der Waals surface area contributed by atoms with E-state index in [1.807, 2.05) is 24.4 Å². The van der Waals surface area contributed by atoms with Crippen LogP contribution >= 0.6 is 0 Å². The van der Waals surface area contributed by atoms with Gasteiger partial charge in [0.15, 0.2) is 0 Å². The number of pyridine rings is 2. The van der Waals surface area contributed by atoms with E-state index in [4.69, 9.17) is 9.72 Å². The van der Waals surface area contributed by atoms with Crippen molar-refractivity contribution in [1.82, 2.24) is 14.4 Å². The fourth-order valence-corrected chi connectivity index (χ4v) is 3.98. The number of carbonyl (C=O) groups is 1. The Morgan fingerprint density at radius 1 is 1.16 bits per heavy atom. The summed E-state index contributed by atoms with van der Waals surface area (Å²) in [6.45, 7) is 3.70. The summed E-state index contributed by atoms with van der Waals surface area (Å²) in [5.41, 5.74) is 0.581. The second kappa shape index (κ2) is 8.80. The van der Waals surface area contributed by atoms with E-state index in [1.165, 1.54) is 25.3 Å². The molecule has 0 bridgehead atoms. The van der Waals surface area contributed by atoms with Crippen LogP contribution in [-0.4, -0.2) is 26.4 Å². The van der Waals surface area contributed by atoms with Crippen molar-refractivity contribution in [2.75, 3.05) is 5.32 Å². The van der Waals surface area contributed by atoms with Gasteiger partial charge in [-0.3, -0.25) is 4.79 Å². The van der Waals surface area contributed by atoms with Crippen LogP contribution in [0.15, 0.2) is 36.7 Å². The normalized spacial score (nSPS) is 15.3. The van der Waals surface area contributed by atoms with Crippen LogP contribution in [0.4, 0.5) is 18.9 Å². The van der Waals surface area contributed by atoms with Gasteiger partial charge in [-0.2, -0.15) is 13.2 Å². The third kappa shape index (κ3) is 4.87. The monoisotopic (exact) mass is 446 g/mol. The van der Waals surface area contributed by atoms with Crippen molar-refractivity contribution in [3.8, 4) is 5.75 Å². The van der Waals surface area contributed by atoms with Gasteiger partial charge in [0.2, 0.25) is 0 Å². The maximum Gasteiger partial charge on any atom is 0.433 e. The highest BCUT2D eigenvalue weighted by Crippen LogP contribution is 2.34. The molecule has 0 aliphatic heterocycles. The minimum atomic E-state index is -4.63. The van der Waals surface area contributed by atoms with Crippen LogP contribution in [0.1, 0.15) is 73.7 Å². The first-order chi connectivity index (χ1) is 15.2. The third-order valence-corrected chi connectivity index (χ3v) is 5.48. The number of amides is 1. The van der Waals surface area contributed by atoms with E-state index in [0.717, 1.165) is 30.7 Å². The molecule has 32 heavy (non-hydrogen) atoms. The van der Waals surface area contributed by atoms with Gasteiger partial charge in [0, 0.05) is 24.4 Å². The van der Waals surface area contributed by atoms with Gasteiger partial charge in [-0.15, -0.1) is 0 Å². The molecule has 1 amide bonds.